The first-order valence-electron chi connectivity index (χ1n) is 8.86. The van der Waals surface area contributed by atoms with Crippen molar-refractivity contribution < 1.29 is 18.3 Å². The zero-order valence-corrected chi connectivity index (χ0v) is 19.0. The van der Waals surface area contributed by atoms with Crippen LogP contribution in [0.3, 0.4) is 0 Å². The fourth-order valence-electron chi connectivity index (χ4n) is 2.94. The van der Waals surface area contributed by atoms with Gasteiger partial charge in [-0.05, 0) is 62.0 Å². The van der Waals surface area contributed by atoms with Gasteiger partial charge >= 0.3 is 0 Å². The maximum atomic E-state index is 13.2. The van der Waals surface area contributed by atoms with E-state index in [2.05, 4.69) is 37.2 Å². The second-order valence-electron chi connectivity index (χ2n) is 6.63. The molecule has 4 nitrogen and oxygen atoms in total. The standard InChI is InChI=1S/C19H20Br2F2N2O2S/c20-14-10-17(28-11-14)18(26)24-5-3-13-1-2-16(15(21)9-13)27-8-7-25-6-4-19(22,23)12-25/h1-2,9-11H,3-8,12H2,(H,24,26). The minimum Gasteiger partial charge on any atom is -0.491 e. The number of rotatable bonds is 8. The average Bonchev–Trinajstić information content (AvgIpc) is 3.22. The van der Waals surface area contributed by atoms with Crippen LogP contribution >= 0.6 is 43.2 Å². The Morgan fingerprint density at radius 3 is 2.79 bits per heavy atom. The molecular weight excluding hydrogens is 518 g/mol. The van der Waals surface area contributed by atoms with Crippen molar-refractivity contribution in [3.05, 3.63) is 49.0 Å². The number of hydrogen-bond donors (Lipinski definition) is 1. The molecule has 1 aliphatic rings. The van der Waals surface area contributed by atoms with Crippen molar-refractivity contribution in [3.63, 3.8) is 0 Å². The average molecular weight is 538 g/mol. The first kappa shape index (κ1) is 21.7. The number of thiophene rings is 1. The van der Waals surface area contributed by atoms with Gasteiger partial charge in [-0.3, -0.25) is 9.69 Å². The SMILES string of the molecule is O=C(NCCc1ccc(OCCN2CCC(F)(F)C2)c(Br)c1)c1cc(Br)cs1. The number of likely N-dealkylation sites (tertiary alicyclic amines) is 1. The molecule has 1 amide bonds. The molecule has 152 valence electrons. The van der Waals surface area contributed by atoms with Crippen LogP contribution in [-0.2, 0) is 6.42 Å². The van der Waals surface area contributed by atoms with Crippen LogP contribution in [0.5, 0.6) is 5.75 Å². The summed E-state index contributed by atoms with van der Waals surface area (Å²) in [4.78, 5) is 14.4. The normalized spacial score (nSPS) is 16.3. The topological polar surface area (TPSA) is 41.6 Å². The zero-order chi connectivity index (χ0) is 20.1. The highest BCUT2D eigenvalue weighted by Crippen LogP contribution is 2.28. The molecule has 1 fully saturated rings. The monoisotopic (exact) mass is 536 g/mol. The Morgan fingerprint density at radius 1 is 1.32 bits per heavy atom. The molecule has 2 heterocycles. The van der Waals surface area contributed by atoms with E-state index in [1.54, 1.807) is 11.0 Å². The fraction of sp³-hybridized carbons (Fsp3) is 0.421. The molecule has 0 unspecified atom stereocenters. The Labute approximate surface area is 183 Å². The van der Waals surface area contributed by atoms with E-state index in [9.17, 15) is 13.6 Å². The summed E-state index contributed by atoms with van der Waals surface area (Å²) < 4.78 is 33.8. The number of amides is 1. The lowest BCUT2D eigenvalue weighted by molar-refractivity contribution is 0.0112. The van der Waals surface area contributed by atoms with Crippen LogP contribution in [0.1, 0.15) is 21.7 Å². The predicted octanol–water partition coefficient (Wildman–Crippen LogP) is 4.97. The van der Waals surface area contributed by atoms with Gasteiger partial charge in [0, 0.05) is 35.9 Å². The molecule has 1 aromatic heterocycles. The van der Waals surface area contributed by atoms with Gasteiger partial charge in [-0.15, -0.1) is 11.3 Å². The van der Waals surface area contributed by atoms with Gasteiger partial charge in [-0.1, -0.05) is 6.07 Å². The van der Waals surface area contributed by atoms with E-state index in [1.807, 2.05) is 23.6 Å². The molecule has 0 radical (unpaired) electrons. The lowest BCUT2D eigenvalue weighted by Crippen LogP contribution is -2.29. The van der Waals surface area contributed by atoms with E-state index in [0.29, 0.717) is 43.3 Å². The Hall–Kier alpha value is -1.03. The van der Waals surface area contributed by atoms with E-state index in [0.717, 1.165) is 14.5 Å². The second-order valence-corrected chi connectivity index (χ2v) is 9.31. The number of benzene rings is 1. The summed E-state index contributed by atoms with van der Waals surface area (Å²) in [6.07, 6.45) is 0.617. The molecule has 1 aromatic carbocycles. The van der Waals surface area contributed by atoms with Crippen molar-refractivity contribution in [1.29, 1.82) is 0 Å². The van der Waals surface area contributed by atoms with Gasteiger partial charge in [0.25, 0.3) is 11.8 Å². The van der Waals surface area contributed by atoms with Crippen molar-refractivity contribution in [1.82, 2.24) is 10.2 Å². The highest BCUT2D eigenvalue weighted by atomic mass is 79.9. The summed E-state index contributed by atoms with van der Waals surface area (Å²) >= 11 is 8.23. The molecule has 28 heavy (non-hydrogen) atoms. The number of halogens is 4. The van der Waals surface area contributed by atoms with Gasteiger partial charge in [-0.2, -0.15) is 0 Å². The number of nitrogens with zero attached hydrogens (tertiary/aromatic N) is 1. The minimum absolute atomic E-state index is 0.0777. The van der Waals surface area contributed by atoms with Crippen LogP contribution in [0.15, 0.2) is 38.6 Å². The number of ether oxygens (including phenoxy) is 1. The van der Waals surface area contributed by atoms with Crippen molar-refractivity contribution in [2.45, 2.75) is 18.8 Å². The molecule has 0 aliphatic carbocycles. The zero-order valence-electron chi connectivity index (χ0n) is 15.0. The second kappa shape index (κ2) is 9.65. The van der Waals surface area contributed by atoms with E-state index in [1.165, 1.54) is 11.3 Å². The molecule has 0 spiro atoms. The highest BCUT2D eigenvalue weighted by molar-refractivity contribution is 9.10. The van der Waals surface area contributed by atoms with Crippen molar-refractivity contribution >= 4 is 49.1 Å². The fourth-order valence-corrected chi connectivity index (χ4v) is 4.82. The summed E-state index contributed by atoms with van der Waals surface area (Å²) in [5.74, 6) is -1.97. The molecule has 1 aliphatic heterocycles. The number of carbonyl (C=O) groups is 1. The number of hydrogen-bond acceptors (Lipinski definition) is 4. The molecule has 1 saturated heterocycles. The predicted molar refractivity (Wildman–Crippen MR) is 114 cm³/mol. The summed E-state index contributed by atoms with van der Waals surface area (Å²) in [6.45, 7) is 1.59. The Balaban J connectivity index is 1.41. The molecule has 0 atom stereocenters. The summed E-state index contributed by atoms with van der Waals surface area (Å²) in [6, 6.07) is 7.55. The van der Waals surface area contributed by atoms with E-state index < -0.39 is 5.92 Å². The lowest BCUT2D eigenvalue weighted by atomic mass is 10.1. The molecule has 3 rings (SSSR count). The van der Waals surface area contributed by atoms with Gasteiger partial charge in [0.1, 0.15) is 12.4 Å². The van der Waals surface area contributed by atoms with E-state index in [-0.39, 0.29) is 18.9 Å². The number of alkyl halides is 2. The molecule has 0 bridgehead atoms. The summed E-state index contributed by atoms with van der Waals surface area (Å²) in [5.41, 5.74) is 1.06. The van der Waals surface area contributed by atoms with Gasteiger partial charge in [0.05, 0.1) is 15.9 Å². The van der Waals surface area contributed by atoms with E-state index in [4.69, 9.17) is 4.74 Å². The lowest BCUT2D eigenvalue weighted by Gasteiger charge is -2.16. The molecule has 2 aromatic rings. The minimum atomic E-state index is -2.57. The smallest absolute Gasteiger partial charge is 0.261 e. The third kappa shape index (κ3) is 6.23. The summed E-state index contributed by atoms with van der Waals surface area (Å²) in [7, 11) is 0. The van der Waals surface area contributed by atoms with E-state index >= 15 is 0 Å². The van der Waals surface area contributed by atoms with Crippen LogP contribution in [0, 0.1) is 0 Å². The van der Waals surface area contributed by atoms with Gasteiger partial charge in [0.2, 0.25) is 0 Å². The first-order chi connectivity index (χ1) is 13.3. The van der Waals surface area contributed by atoms with Crippen LogP contribution in [0.25, 0.3) is 0 Å². The highest BCUT2D eigenvalue weighted by Gasteiger charge is 2.37. The summed E-state index contributed by atoms with van der Waals surface area (Å²) in [5, 5.41) is 4.78. The van der Waals surface area contributed by atoms with Crippen LogP contribution in [0.4, 0.5) is 8.78 Å². The van der Waals surface area contributed by atoms with Crippen LogP contribution in [-0.4, -0.2) is 49.5 Å². The van der Waals surface area contributed by atoms with Crippen LogP contribution in [0.2, 0.25) is 0 Å². The largest absolute Gasteiger partial charge is 0.491 e. The third-order valence-corrected chi connectivity index (χ3v) is 6.71. The van der Waals surface area contributed by atoms with Gasteiger partial charge in [0.15, 0.2) is 0 Å². The number of carbonyl (C=O) groups excluding carboxylic acids is 1. The first-order valence-corrected chi connectivity index (χ1v) is 11.3. The van der Waals surface area contributed by atoms with Crippen LogP contribution < -0.4 is 10.1 Å². The van der Waals surface area contributed by atoms with Crippen molar-refractivity contribution in [3.8, 4) is 5.75 Å². The molecule has 0 saturated carbocycles. The molecular formula is C19H20Br2F2N2O2S. The Bertz CT molecular complexity index is 832. The quantitative estimate of drug-likeness (QED) is 0.517. The van der Waals surface area contributed by atoms with Gasteiger partial charge in [-0.25, -0.2) is 8.78 Å². The maximum absolute atomic E-state index is 13.2. The van der Waals surface area contributed by atoms with Crippen molar-refractivity contribution in [2.75, 3.05) is 32.8 Å². The number of nitrogens with one attached hydrogen (secondary N) is 1. The maximum Gasteiger partial charge on any atom is 0.261 e. The molecule has 1 N–H and O–H groups in total. The third-order valence-electron chi connectivity index (χ3n) is 4.40. The van der Waals surface area contributed by atoms with Gasteiger partial charge < -0.3 is 10.1 Å². The Morgan fingerprint density at radius 2 is 2.14 bits per heavy atom. The Kier molecular flexibility index (Phi) is 7.47. The van der Waals surface area contributed by atoms with Crippen molar-refractivity contribution in [2.24, 2.45) is 0 Å². The molecule has 9 heteroatoms.